The number of anilines is 2. The molecule has 0 aliphatic carbocycles. The highest BCUT2D eigenvalue weighted by atomic mass is 32.2. The normalized spacial score (nSPS) is 20.5. The van der Waals surface area contributed by atoms with Crippen molar-refractivity contribution in [3.05, 3.63) is 24.0 Å². The summed E-state index contributed by atoms with van der Waals surface area (Å²) in [5.41, 5.74) is 1.02. The molecule has 2 aliphatic rings. The van der Waals surface area contributed by atoms with Gasteiger partial charge in [-0.15, -0.1) is 0 Å². The van der Waals surface area contributed by atoms with E-state index in [1.807, 2.05) is 23.0 Å². The number of ether oxygens (including phenoxy) is 1. The van der Waals surface area contributed by atoms with Crippen LogP contribution in [0.25, 0.3) is 0 Å². The summed E-state index contributed by atoms with van der Waals surface area (Å²) in [5, 5.41) is 0. The van der Waals surface area contributed by atoms with Crippen molar-refractivity contribution >= 4 is 35.1 Å². The lowest BCUT2D eigenvalue weighted by Crippen LogP contribution is -2.49. The second-order valence-electron chi connectivity index (χ2n) is 6.46. The third kappa shape index (κ3) is 3.90. The molecule has 2 saturated heterocycles. The Labute approximate surface area is 157 Å². The van der Waals surface area contributed by atoms with E-state index in [0.717, 1.165) is 6.42 Å². The van der Waals surface area contributed by atoms with Crippen molar-refractivity contribution in [2.45, 2.75) is 19.4 Å². The summed E-state index contributed by atoms with van der Waals surface area (Å²) in [5.74, 6) is 0.249. The van der Waals surface area contributed by atoms with E-state index in [0.29, 0.717) is 49.9 Å². The number of carbonyl (C=O) groups excluding carboxylic acids is 2. The second-order valence-corrected chi connectivity index (χ2v) is 7.33. The molecule has 0 saturated carbocycles. The van der Waals surface area contributed by atoms with Crippen LogP contribution in [0.3, 0.4) is 0 Å². The van der Waals surface area contributed by atoms with Gasteiger partial charge in [-0.05, 0) is 30.9 Å². The van der Waals surface area contributed by atoms with E-state index in [-0.39, 0.29) is 17.8 Å². The lowest BCUT2D eigenvalue weighted by Gasteiger charge is -2.36. The van der Waals surface area contributed by atoms with Crippen molar-refractivity contribution < 1.29 is 18.7 Å². The van der Waals surface area contributed by atoms with E-state index in [1.54, 1.807) is 12.1 Å². The zero-order valence-electron chi connectivity index (χ0n) is 15.1. The average Bonchev–Trinajstić information content (AvgIpc) is 3.03. The van der Waals surface area contributed by atoms with Crippen LogP contribution in [0.2, 0.25) is 0 Å². The fourth-order valence-corrected chi connectivity index (χ4v) is 3.71. The average molecular weight is 381 g/mol. The third-order valence-corrected chi connectivity index (χ3v) is 5.35. The van der Waals surface area contributed by atoms with Crippen LogP contribution >= 0.6 is 11.8 Å². The van der Waals surface area contributed by atoms with Crippen LogP contribution in [-0.4, -0.2) is 67.7 Å². The van der Waals surface area contributed by atoms with Crippen LogP contribution in [0.5, 0.6) is 0 Å². The molecule has 142 valence electrons. The highest BCUT2D eigenvalue weighted by Gasteiger charge is 2.32. The Kier molecular flexibility index (Phi) is 5.90. The molecule has 0 aromatic heterocycles. The quantitative estimate of drug-likeness (QED) is 0.785. The zero-order chi connectivity index (χ0) is 18.7. The van der Waals surface area contributed by atoms with Crippen LogP contribution < -0.4 is 9.80 Å². The van der Waals surface area contributed by atoms with Gasteiger partial charge in [0.05, 0.1) is 23.7 Å². The minimum absolute atomic E-state index is 0.131. The summed E-state index contributed by atoms with van der Waals surface area (Å²) in [6.45, 7) is 4.79. The van der Waals surface area contributed by atoms with Gasteiger partial charge in [0, 0.05) is 26.2 Å². The number of piperazine rings is 1. The van der Waals surface area contributed by atoms with Gasteiger partial charge in [0.2, 0.25) is 5.91 Å². The van der Waals surface area contributed by atoms with Crippen molar-refractivity contribution in [3.8, 4) is 0 Å². The number of nitrogens with zero attached hydrogens (tertiary/aromatic N) is 3. The first kappa shape index (κ1) is 18.8. The van der Waals surface area contributed by atoms with E-state index in [2.05, 4.69) is 0 Å². The molecule has 1 aromatic carbocycles. The van der Waals surface area contributed by atoms with Crippen molar-refractivity contribution in [1.82, 2.24) is 4.90 Å². The number of hydrogen-bond donors (Lipinski definition) is 0. The summed E-state index contributed by atoms with van der Waals surface area (Å²) < 4.78 is 19.9. The van der Waals surface area contributed by atoms with Crippen LogP contribution in [0.1, 0.15) is 13.3 Å². The predicted molar refractivity (Wildman–Crippen MR) is 101 cm³/mol. The molecule has 1 aromatic rings. The van der Waals surface area contributed by atoms with Crippen LogP contribution in [0.15, 0.2) is 18.2 Å². The Morgan fingerprint density at radius 3 is 2.62 bits per heavy atom. The standard InChI is InChI=1S/C18H24FN3O3S/c1-3-14-11-22(18(24)25-14)13-4-5-16(15(19)10-13)20-6-8-21(9-7-20)17(23)12-26-2/h4-5,10,14H,3,6-9,11-12H2,1-2H3/t14-/m0/s1. The van der Waals surface area contributed by atoms with Crippen molar-refractivity contribution in [3.63, 3.8) is 0 Å². The van der Waals surface area contributed by atoms with E-state index in [1.165, 1.54) is 22.7 Å². The van der Waals surface area contributed by atoms with Gasteiger partial charge in [0.25, 0.3) is 0 Å². The molecule has 2 amide bonds. The van der Waals surface area contributed by atoms with E-state index in [4.69, 9.17) is 4.74 Å². The van der Waals surface area contributed by atoms with Gasteiger partial charge in [-0.3, -0.25) is 9.69 Å². The molecule has 8 heteroatoms. The van der Waals surface area contributed by atoms with Crippen LogP contribution in [0, 0.1) is 5.82 Å². The van der Waals surface area contributed by atoms with Gasteiger partial charge in [0.1, 0.15) is 11.9 Å². The lowest BCUT2D eigenvalue weighted by atomic mass is 10.2. The van der Waals surface area contributed by atoms with E-state index in [9.17, 15) is 14.0 Å². The highest BCUT2D eigenvalue weighted by molar-refractivity contribution is 7.99. The van der Waals surface area contributed by atoms with Gasteiger partial charge >= 0.3 is 6.09 Å². The molecule has 2 aliphatic heterocycles. The molecule has 0 spiro atoms. The molecule has 1 atom stereocenters. The third-order valence-electron chi connectivity index (χ3n) is 4.81. The monoisotopic (exact) mass is 381 g/mol. The fourth-order valence-electron chi connectivity index (χ4n) is 3.28. The van der Waals surface area contributed by atoms with E-state index >= 15 is 0 Å². The molecule has 2 heterocycles. The molecule has 0 radical (unpaired) electrons. The summed E-state index contributed by atoms with van der Waals surface area (Å²) in [7, 11) is 0. The molecule has 6 nitrogen and oxygen atoms in total. The molecule has 0 N–H and O–H groups in total. The van der Waals surface area contributed by atoms with Gasteiger partial charge in [-0.2, -0.15) is 11.8 Å². The first-order valence-electron chi connectivity index (χ1n) is 8.82. The maximum absolute atomic E-state index is 14.7. The molecule has 0 unspecified atom stereocenters. The van der Waals surface area contributed by atoms with Crippen molar-refractivity contribution in [2.75, 3.05) is 54.5 Å². The Balaban J connectivity index is 1.66. The van der Waals surface area contributed by atoms with Gasteiger partial charge in [0.15, 0.2) is 0 Å². The largest absolute Gasteiger partial charge is 0.444 e. The Hall–Kier alpha value is -1.96. The number of benzene rings is 1. The SMILES string of the molecule is CC[C@H]1CN(c2ccc(N3CCN(C(=O)CSC)CC3)c(F)c2)C(=O)O1. The van der Waals surface area contributed by atoms with Gasteiger partial charge in [-0.25, -0.2) is 9.18 Å². The van der Waals surface area contributed by atoms with Gasteiger partial charge in [-0.1, -0.05) is 6.92 Å². The number of rotatable bonds is 5. The fraction of sp³-hybridized carbons (Fsp3) is 0.556. The molecular weight excluding hydrogens is 357 g/mol. The first-order valence-corrected chi connectivity index (χ1v) is 10.2. The number of cyclic esters (lactones) is 1. The van der Waals surface area contributed by atoms with Gasteiger partial charge < -0.3 is 14.5 Å². The highest BCUT2D eigenvalue weighted by Crippen LogP contribution is 2.29. The topological polar surface area (TPSA) is 53.1 Å². The second kappa shape index (κ2) is 8.16. The predicted octanol–water partition coefficient (Wildman–Crippen LogP) is 2.57. The minimum Gasteiger partial charge on any atom is -0.444 e. The first-order chi connectivity index (χ1) is 12.5. The van der Waals surface area contributed by atoms with Crippen LogP contribution in [-0.2, 0) is 9.53 Å². The number of halogens is 1. The van der Waals surface area contributed by atoms with Crippen molar-refractivity contribution in [2.24, 2.45) is 0 Å². The number of hydrogen-bond acceptors (Lipinski definition) is 5. The molecule has 0 bridgehead atoms. The van der Waals surface area contributed by atoms with Crippen LogP contribution in [0.4, 0.5) is 20.6 Å². The maximum atomic E-state index is 14.7. The Bertz CT molecular complexity index is 680. The minimum atomic E-state index is -0.426. The maximum Gasteiger partial charge on any atom is 0.414 e. The molecule has 3 rings (SSSR count). The summed E-state index contributed by atoms with van der Waals surface area (Å²) in [4.78, 5) is 29.1. The van der Waals surface area contributed by atoms with E-state index < -0.39 is 6.09 Å². The Morgan fingerprint density at radius 1 is 1.31 bits per heavy atom. The van der Waals surface area contributed by atoms with Crippen molar-refractivity contribution in [1.29, 1.82) is 0 Å². The molecule has 26 heavy (non-hydrogen) atoms. The molecule has 2 fully saturated rings. The number of carbonyl (C=O) groups is 2. The molecular formula is C18H24FN3O3S. The Morgan fingerprint density at radius 2 is 2.04 bits per heavy atom. The summed E-state index contributed by atoms with van der Waals surface area (Å²) in [6.07, 6.45) is 2.08. The zero-order valence-corrected chi connectivity index (χ0v) is 15.9. The summed E-state index contributed by atoms with van der Waals surface area (Å²) in [6, 6.07) is 4.85. The summed E-state index contributed by atoms with van der Waals surface area (Å²) >= 11 is 1.51. The smallest absolute Gasteiger partial charge is 0.414 e. The lowest BCUT2D eigenvalue weighted by molar-refractivity contribution is -0.128. The number of amides is 2. The number of thioether (sulfide) groups is 1.